The summed E-state index contributed by atoms with van der Waals surface area (Å²) in [5.74, 6) is 0. The van der Waals surface area contributed by atoms with E-state index in [0.29, 0.717) is 0 Å². The molecular weight excluding hydrogens is 299 g/mol. The fourth-order valence-electron chi connectivity index (χ4n) is 1.54. The maximum Gasteiger partial charge on any atom is 0.126 e. The molecule has 0 spiro atoms. The van der Waals surface area contributed by atoms with Crippen molar-refractivity contribution in [2.75, 3.05) is 0 Å². The van der Waals surface area contributed by atoms with Crippen molar-refractivity contribution in [3.8, 4) is 0 Å². The van der Waals surface area contributed by atoms with Crippen molar-refractivity contribution in [2.24, 2.45) is 0 Å². The van der Waals surface area contributed by atoms with Gasteiger partial charge in [-0.3, -0.25) is 4.68 Å². The summed E-state index contributed by atoms with van der Waals surface area (Å²) in [4.78, 5) is 0. The largest absolute Gasteiger partial charge is 0.267 e. The van der Waals surface area contributed by atoms with Gasteiger partial charge in [0.25, 0.3) is 0 Å². The van der Waals surface area contributed by atoms with Crippen LogP contribution in [0.5, 0.6) is 0 Å². The molecule has 0 radical (unpaired) electrons. The molecule has 0 aliphatic carbocycles. The summed E-state index contributed by atoms with van der Waals surface area (Å²) in [6.45, 7) is 5.08. The highest BCUT2D eigenvalue weighted by atomic mass is 127. The topological polar surface area (TPSA) is 17.8 Å². The third-order valence-electron chi connectivity index (χ3n) is 2.48. The van der Waals surface area contributed by atoms with Crippen LogP contribution < -0.4 is 0 Å². The van der Waals surface area contributed by atoms with E-state index in [4.69, 9.17) is 0 Å². The summed E-state index contributed by atoms with van der Waals surface area (Å²) in [6, 6.07) is 8.43. The second-order valence-corrected chi connectivity index (χ2v) is 4.75. The van der Waals surface area contributed by atoms with Crippen molar-refractivity contribution in [1.29, 1.82) is 0 Å². The molecule has 0 saturated heterocycles. The molecule has 2 rings (SSSR count). The van der Waals surface area contributed by atoms with Gasteiger partial charge in [0.15, 0.2) is 0 Å². The lowest BCUT2D eigenvalue weighted by Crippen LogP contribution is -2.01. The zero-order valence-corrected chi connectivity index (χ0v) is 11.0. The average molecular weight is 312 g/mol. The van der Waals surface area contributed by atoms with Crippen LogP contribution in [0.15, 0.2) is 30.5 Å². The van der Waals surface area contributed by atoms with Gasteiger partial charge < -0.3 is 0 Å². The lowest BCUT2D eigenvalue weighted by atomic mass is 10.1. The fraction of sp³-hybridized carbons (Fsp3) is 0.250. The molecule has 0 saturated carbocycles. The smallest absolute Gasteiger partial charge is 0.126 e. The first kappa shape index (κ1) is 10.7. The highest BCUT2D eigenvalue weighted by Crippen LogP contribution is 2.12. The molecule has 2 nitrogen and oxygen atoms in total. The Morgan fingerprint density at radius 1 is 1.20 bits per heavy atom. The van der Waals surface area contributed by atoms with Crippen molar-refractivity contribution in [1.82, 2.24) is 9.78 Å². The summed E-state index contributed by atoms with van der Waals surface area (Å²) >= 11 is 2.26. The Hall–Kier alpha value is -0.840. The number of rotatable bonds is 2. The summed E-state index contributed by atoms with van der Waals surface area (Å²) in [6.07, 6.45) is 2.09. The Morgan fingerprint density at radius 3 is 2.53 bits per heavy atom. The van der Waals surface area contributed by atoms with Crippen molar-refractivity contribution < 1.29 is 0 Å². The van der Waals surface area contributed by atoms with E-state index in [1.54, 1.807) is 0 Å². The molecule has 0 fully saturated rings. The maximum absolute atomic E-state index is 4.45. The SMILES string of the molecule is Cc1ccccc1Cn1cc(C)c(I)n1. The second-order valence-electron chi connectivity index (χ2n) is 3.73. The molecule has 0 unspecified atom stereocenters. The molecule has 0 aliphatic rings. The zero-order chi connectivity index (χ0) is 10.8. The van der Waals surface area contributed by atoms with E-state index < -0.39 is 0 Å². The predicted molar refractivity (Wildman–Crippen MR) is 70.0 cm³/mol. The maximum atomic E-state index is 4.45. The molecule has 78 valence electrons. The number of nitrogens with zero attached hydrogens (tertiary/aromatic N) is 2. The molecule has 1 aromatic carbocycles. The van der Waals surface area contributed by atoms with Crippen molar-refractivity contribution >= 4 is 22.6 Å². The standard InChI is InChI=1S/C12H13IN2/c1-9-5-3-4-6-11(9)8-15-7-10(2)12(13)14-15/h3-7H,8H2,1-2H3. The Labute approximate surface area is 103 Å². The molecule has 15 heavy (non-hydrogen) atoms. The number of hydrogen-bond donors (Lipinski definition) is 0. The fourth-order valence-corrected chi connectivity index (χ4v) is 1.96. The monoisotopic (exact) mass is 312 g/mol. The van der Waals surface area contributed by atoms with E-state index in [1.165, 1.54) is 16.7 Å². The number of aryl methyl sites for hydroxylation is 2. The van der Waals surface area contributed by atoms with Gasteiger partial charge in [-0.25, -0.2) is 0 Å². The van der Waals surface area contributed by atoms with E-state index in [0.717, 1.165) is 10.2 Å². The van der Waals surface area contributed by atoms with E-state index in [1.807, 2.05) is 4.68 Å². The van der Waals surface area contributed by atoms with Gasteiger partial charge in [-0.05, 0) is 47.6 Å². The van der Waals surface area contributed by atoms with E-state index >= 15 is 0 Å². The lowest BCUT2D eigenvalue weighted by molar-refractivity contribution is 0.678. The minimum absolute atomic E-state index is 0.858. The predicted octanol–water partition coefficient (Wildman–Crippen LogP) is 3.15. The van der Waals surface area contributed by atoms with Crippen LogP contribution in [0.3, 0.4) is 0 Å². The number of aromatic nitrogens is 2. The van der Waals surface area contributed by atoms with Crippen LogP contribution in [0.2, 0.25) is 0 Å². The van der Waals surface area contributed by atoms with Crippen LogP contribution in [0.1, 0.15) is 16.7 Å². The summed E-state index contributed by atoms with van der Waals surface area (Å²) in [7, 11) is 0. The third-order valence-corrected chi connectivity index (χ3v) is 3.54. The molecule has 2 aromatic rings. The minimum atomic E-state index is 0.858. The summed E-state index contributed by atoms with van der Waals surface area (Å²) < 4.78 is 3.08. The van der Waals surface area contributed by atoms with Crippen LogP contribution >= 0.6 is 22.6 Å². The van der Waals surface area contributed by atoms with Crippen molar-refractivity contribution in [3.63, 3.8) is 0 Å². The molecule has 3 heteroatoms. The van der Waals surface area contributed by atoms with Crippen LogP contribution in [0.25, 0.3) is 0 Å². The molecule has 0 N–H and O–H groups in total. The molecular formula is C12H13IN2. The molecule has 1 heterocycles. The highest BCUT2D eigenvalue weighted by Gasteiger charge is 2.03. The van der Waals surface area contributed by atoms with Gasteiger partial charge in [-0.2, -0.15) is 5.10 Å². The number of halogens is 1. The molecule has 1 aromatic heterocycles. The number of benzene rings is 1. The van der Waals surface area contributed by atoms with Gasteiger partial charge in [0.05, 0.1) is 6.54 Å². The molecule has 0 atom stereocenters. The first-order valence-corrected chi connectivity index (χ1v) is 5.99. The highest BCUT2D eigenvalue weighted by molar-refractivity contribution is 14.1. The van der Waals surface area contributed by atoms with Crippen molar-refractivity contribution in [3.05, 3.63) is 50.9 Å². The van der Waals surface area contributed by atoms with E-state index in [9.17, 15) is 0 Å². The second kappa shape index (κ2) is 4.35. The molecule has 0 amide bonds. The first-order chi connectivity index (χ1) is 7.16. The Balaban J connectivity index is 2.26. The summed E-state index contributed by atoms with van der Waals surface area (Å²) in [5, 5.41) is 4.45. The molecule has 0 bridgehead atoms. The lowest BCUT2D eigenvalue weighted by Gasteiger charge is -2.04. The van der Waals surface area contributed by atoms with Gasteiger partial charge in [-0.1, -0.05) is 24.3 Å². The summed E-state index contributed by atoms with van der Waals surface area (Å²) in [5.41, 5.74) is 3.89. The Morgan fingerprint density at radius 2 is 1.93 bits per heavy atom. The first-order valence-electron chi connectivity index (χ1n) is 4.91. The minimum Gasteiger partial charge on any atom is -0.267 e. The van der Waals surface area contributed by atoms with Crippen LogP contribution in [0.4, 0.5) is 0 Å². The van der Waals surface area contributed by atoms with Crippen LogP contribution in [-0.2, 0) is 6.54 Å². The van der Waals surface area contributed by atoms with Gasteiger partial charge in [0.2, 0.25) is 0 Å². The van der Waals surface area contributed by atoms with Crippen molar-refractivity contribution in [2.45, 2.75) is 20.4 Å². The van der Waals surface area contributed by atoms with Crippen LogP contribution in [0, 0.1) is 17.5 Å². The normalized spacial score (nSPS) is 10.6. The number of hydrogen-bond acceptors (Lipinski definition) is 1. The van der Waals surface area contributed by atoms with Crippen LogP contribution in [-0.4, -0.2) is 9.78 Å². The Kier molecular flexibility index (Phi) is 3.09. The third kappa shape index (κ3) is 2.40. The van der Waals surface area contributed by atoms with E-state index in [-0.39, 0.29) is 0 Å². The van der Waals surface area contributed by atoms with Gasteiger partial charge in [0.1, 0.15) is 3.70 Å². The van der Waals surface area contributed by atoms with Gasteiger partial charge in [0, 0.05) is 11.8 Å². The zero-order valence-electron chi connectivity index (χ0n) is 8.87. The van der Waals surface area contributed by atoms with Gasteiger partial charge in [-0.15, -0.1) is 0 Å². The quantitative estimate of drug-likeness (QED) is 0.779. The molecule has 0 aliphatic heterocycles. The Bertz CT molecular complexity index is 455. The van der Waals surface area contributed by atoms with Gasteiger partial charge >= 0.3 is 0 Å². The average Bonchev–Trinajstić information content (AvgIpc) is 2.50. The van der Waals surface area contributed by atoms with E-state index in [2.05, 4.69) is 72.0 Å².